The van der Waals surface area contributed by atoms with Crippen LogP contribution in [0.2, 0.25) is 0 Å². The van der Waals surface area contributed by atoms with E-state index < -0.39 is 54.2 Å². The summed E-state index contributed by atoms with van der Waals surface area (Å²) in [6.07, 6.45) is 1.10. The number of hydrogen-bond acceptors (Lipinski definition) is 12. The first kappa shape index (κ1) is 33.6. The minimum Gasteiger partial charge on any atom is -0.504 e. The van der Waals surface area contributed by atoms with Gasteiger partial charge in [-0.05, 0) is 60.4 Å². The Kier molecular flexibility index (Phi) is 11.3. The number of ether oxygens (including phenoxy) is 4. The summed E-state index contributed by atoms with van der Waals surface area (Å²) in [5.41, 5.74) is 4.34. The van der Waals surface area contributed by atoms with E-state index in [0.717, 1.165) is 0 Å². The Morgan fingerprint density at radius 3 is 2.38 bits per heavy atom. The molecule has 1 saturated heterocycles. The second-order valence-electron chi connectivity index (χ2n) is 10.9. The summed E-state index contributed by atoms with van der Waals surface area (Å²) in [5, 5.41) is 50.4. The highest BCUT2D eigenvalue weighted by Crippen LogP contribution is 2.38. The Morgan fingerprint density at radius 1 is 0.978 bits per heavy atom. The van der Waals surface area contributed by atoms with Gasteiger partial charge in [0.05, 0.1) is 12.2 Å². The summed E-state index contributed by atoms with van der Waals surface area (Å²) < 4.78 is 22.8. The highest BCUT2D eigenvalue weighted by molar-refractivity contribution is 5.97. The van der Waals surface area contributed by atoms with Crippen molar-refractivity contribution >= 4 is 29.7 Å². The fraction of sp³-hybridized carbons (Fsp3) is 0.406. The molecule has 0 unspecified atom stereocenters. The van der Waals surface area contributed by atoms with Crippen LogP contribution in [0.1, 0.15) is 36.8 Å². The number of benzene rings is 2. The van der Waals surface area contributed by atoms with E-state index in [4.69, 9.17) is 24.7 Å². The number of carboxylic acids is 1. The maximum absolute atomic E-state index is 13.1. The number of carboxylic acid groups (broad SMARTS) is 1. The minimum atomic E-state index is -2.00. The average Bonchev–Trinajstić information content (AvgIpc) is 2.99. The number of aromatic hydroxyl groups is 3. The number of aliphatic carboxylic acids is 1. The van der Waals surface area contributed by atoms with Gasteiger partial charge in [0, 0.05) is 26.0 Å². The molecule has 7 N–H and O–H groups in total. The lowest BCUT2D eigenvalue weighted by Gasteiger charge is -2.45. The van der Waals surface area contributed by atoms with Crippen LogP contribution in [0.25, 0.3) is 12.2 Å². The summed E-state index contributed by atoms with van der Waals surface area (Å²) in [6.45, 7) is 0.0806. The molecule has 0 aromatic heterocycles. The van der Waals surface area contributed by atoms with Gasteiger partial charge in [-0.2, -0.15) is 0 Å². The predicted octanol–water partition coefficient (Wildman–Crippen LogP) is 1.93. The summed E-state index contributed by atoms with van der Waals surface area (Å²) in [6, 6.07) is 8.60. The summed E-state index contributed by atoms with van der Waals surface area (Å²) in [4.78, 5) is 38.2. The number of phenols is 3. The van der Waals surface area contributed by atoms with Crippen molar-refractivity contribution in [1.29, 1.82) is 0 Å². The zero-order chi connectivity index (χ0) is 32.6. The lowest BCUT2D eigenvalue weighted by atomic mass is 9.78. The molecule has 1 aliphatic heterocycles. The molecule has 2 aliphatic rings. The SMILES string of the molecule is NCCOc1ccc(/C=C/C(=O)CO[C@@]2(C(=O)O)C[C@@H](O)[C@H]3OCCC[C@@H](C(=O)/C=C\c4ccc(O)c(O)c4)O[C@@H]3C2)cc1O. The third-order valence-electron chi connectivity index (χ3n) is 7.53. The zero-order valence-corrected chi connectivity index (χ0v) is 24.4. The third-order valence-corrected chi connectivity index (χ3v) is 7.53. The Balaban J connectivity index is 1.43. The predicted molar refractivity (Wildman–Crippen MR) is 160 cm³/mol. The Labute approximate surface area is 259 Å². The number of aliphatic hydroxyl groups excluding tert-OH is 1. The smallest absolute Gasteiger partial charge is 0.336 e. The molecule has 2 aromatic rings. The van der Waals surface area contributed by atoms with Crippen molar-refractivity contribution in [3.63, 3.8) is 0 Å². The Bertz CT molecular complexity index is 1440. The van der Waals surface area contributed by atoms with Gasteiger partial charge in [-0.15, -0.1) is 0 Å². The number of nitrogens with two attached hydrogens (primary N) is 1. The maximum atomic E-state index is 13.1. The summed E-state index contributed by atoms with van der Waals surface area (Å²) in [5.74, 6) is -2.94. The normalized spacial score (nSPS) is 25.4. The van der Waals surface area contributed by atoms with Crippen LogP contribution in [-0.4, -0.2) is 99.5 Å². The van der Waals surface area contributed by atoms with Gasteiger partial charge < -0.3 is 50.2 Å². The van der Waals surface area contributed by atoms with E-state index in [9.17, 15) is 39.9 Å². The fourth-order valence-corrected chi connectivity index (χ4v) is 5.21. The molecule has 5 atom stereocenters. The molecule has 1 saturated carbocycles. The molecule has 2 fully saturated rings. The van der Waals surface area contributed by atoms with Gasteiger partial charge in [0.25, 0.3) is 0 Å². The maximum Gasteiger partial charge on any atom is 0.336 e. The number of aliphatic hydroxyl groups is 1. The first-order chi connectivity index (χ1) is 21.5. The van der Waals surface area contributed by atoms with Crippen molar-refractivity contribution in [2.75, 3.05) is 26.4 Å². The molecule has 1 aliphatic carbocycles. The van der Waals surface area contributed by atoms with Crippen LogP contribution < -0.4 is 10.5 Å². The second-order valence-corrected chi connectivity index (χ2v) is 10.9. The monoisotopic (exact) mass is 627 g/mol. The number of fused-ring (bicyclic) bond motifs is 1. The van der Waals surface area contributed by atoms with Crippen molar-refractivity contribution in [3.05, 3.63) is 59.7 Å². The summed E-state index contributed by atoms with van der Waals surface area (Å²) in [7, 11) is 0. The first-order valence-electron chi connectivity index (χ1n) is 14.4. The van der Waals surface area contributed by atoms with E-state index >= 15 is 0 Å². The van der Waals surface area contributed by atoms with Gasteiger partial charge in [0.2, 0.25) is 0 Å². The minimum absolute atomic E-state index is 0.141. The number of ketones is 2. The third kappa shape index (κ3) is 8.68. The molecule has 1 heterocycles. The number of carbonyl (C=O) groups excluding carboxylic acids is 2. The topological polar surface area (TPSA) is 215 Å². The highest BCUT2D eigenvalue weighted by Gasteiger charge is 2.53. The van der Waals surface area contributed by atoms with Crippen LogP contribution in [-0.2, 0) is 28.6 Å². The van der Waals surface area contributed by atoms with Crippen molar-refractivity contribution in [2.45, 2.75) is 55.7 Å². The van der Waals surface area contributed by atoms with E-state index in [-0.39, 0.29) is 62.0 Å². The van der Waals surface area contributed by atoms with Gasteiger partial charge in [-0.3, -0.25) is 9.59 Å². The molecule has 45 heavy (non-hydrogen) atoms. The zero-order valence-electron chi connectivity index (χ0n) is 24.4. The van der Waals surface area contributed by atoms with E-state index in [1.165, 1.54) is 54.6 Å². The molecular weight excluding hydrogens is 590 g/mol. The first-order valence-corrected chi connectivity index (χ1v) is 14.4. The molecule has 4 rings (SSSR count). The molecule has 0 spiro atoms. The van der Waals surface area contributed by atoms with Crippen molar-refractivity contribution in [2.24, 2.45) is 5.73 Å². The lowest BCUT2D eigenvalue weighted by molar-refractivity contribution is -0.225. The largest absolute Gasteiger partial charge is 0.504 e. The molecule has 13 nitrogen and oxygen atoms in total. The molecular formula is C32H37NO12. The fourth-order valence-electron chi connectivity index (χ4n) is 5.21. The van der Waals surface area contributed by atoms with E-state index in [2.05, 4.69) is 0 Å². The molecule has 0 bridgehead atoms. The summed E-state index contributed by atoms with van der Waals surface area (Å²) >= 11 is 0. The van der Waals surface area contributed by atoms with Crippen molar-refractivity contribution < 1.29 is 58.9 Å². The lowest BCUT2D eigenvalue weighted by Crippen LogP contribution is -2.60. The van der Waals surface area contributed by atoms with Gasteiger partial charge in [0.15, 0.2) is 40.2 Å². The van der Waals surface area contributed by atoms with Crippen LogP contribution in [0.5, 0.6) is 23.0 Å². The van der Waals surface area contributed by atoms with Crippen LogP contribution in [0.4, 0.5) is 0 Å². The molecule has 13 heteroatoms. The molecule has 0 radical (unpaired) electrons. The van der Waals surface area contributed by atoms with Crippen LogP contribution in [0, 0.1) is 0 Å². The number of carbonyl (C=O) groups is 3. The van der Waals surface area contributed by atoms with Gasteiger partial charge >= 0.3 is 5.97 Å². The number of rotatable bonds is 12. The quantitative estimate of drug-likeness (QED) is 0.147. The number of phenolic OH excluding ortho intramolecular Hbond substituents is 3. The Morgan fingerprint density at radius 2 is 1.69 bits per heavy atom. The Hall–Kier alpha value is -4.27. The standard InChI is InChI=1S/C32H37NO12/c33-11-13-42-27-10-6-19(15-25(27)38)3-7-21(34)18-44-32(31(40)41)16-26(39)30-29(17-32)45-28(2-1-12-43-30)23(36)9-5-20-4-8-22(35)24(37)14-20/h3-10,14-15,26,28-30,35,37-39H,1-2,11-13,16-18,33H2,(H,40,41)/b7-3+,9-5-/t26-,28+,29-,30-,32+/m1/s1. The highest BCUT2D eigenvalue weighted by atomic mass is 16.6. The van der Waals surface area contributed by atoms with Gasteiger partial charge in [-0.1, -0.05) is 24.3 Å². The van der Waals surface area contributed by atoms with Crippen LogP contribution >= 0.6 is 0 Å². The van der Waals surface area contributed by atoms with E-state index in [1.807, 2.05) is 0 Å². The molecule has 2 aromatic carbocycles. The van der Waals surface area contributed by atoms with Crippen molar-refractivity contribution in [3.8, 4) is 23.0 Å². The van der Waals surface area contributed by atoms with Gasteiger partial charge in [0.1, 0.15) is 25.4 Å². The van der Waals surface area contributed by atoms with E-state index in [1.54, 1.807) is 6.07 Å². The van der Waals surface area contributed by atoms with Crippen LogP contribution in [0.3, 0.4) is 0 Å². The number of hydrogen-bond donors (Lipinski definition) is 6. The van der Waals surface area contributed by atoms with Crippen LogP contribution in [0.15, 0.2) is 48.6 Å². The second kappa shape index (κ2) is 15.1. The van der Waals surface area contributed by atoms with E-state index in [0.29, 0.717) is 17.5 Å². The average molecular weight is 628 g/mol. The molecule has 0 amide bonds. The van der Waals surface area contributed by atoms with Crippen molar-refractivity contribution in [1.82, 2.24) is 0 Å². The van der Waals surface area contributed by atoms with Gasteiger partial charge in [-0.25, -0.2) is 4.79 Å². The molecule has 242 valence electrons.